The standard InChI is InChI=1S/C23H21N3O2S/c1-2-28-21-8-4-3-7-20(21)25-23(27)17-10-12-19(13-11-17)29-16-18-15-26-14-6-5-9-22(26)24-18/h3-15H,2,16H2,1H3,(H,25,27). The summed E-state index contributed by atoms with van der Waals surface area (Å²) in [5, 5.41) is 2.92. The normalized spacial score (nSPS) is 10.8. The zero-order chi connectivity index (χ0) is 20.1. The number of anilines is 1. The molecule has 0 atom stereocenters. The molecular weight excluding hydrogens is 382 g/mol. The number of para-hydroxylation sites is 2. The largest absolute Gasteiger partial charge is 0.492 e. The minimum atomic E-state index is -0.158. The number of carbonyl (C=O) groups is 1. The zero-order valence-corrected chi connectivity index (χ0v) is 16.9. The third-order valence-corrected chi connectivity index (χ3v) is 5.40. The van der Waals surface area contributed by atoms with Crippen molar-refractivity contribution in [1.29, 1.82) is 0 Å². The second kappa shape index (κ2) is 8.84. The van der Waals surface area contributed by atoms with E-state index in [-0.39, 0.29) is 5.91 Å². The summed E-state index contributed by atoms with van der Waals surface area (Å²) in [5.74, 6) is 1.28. The molecule has 0 saturated heterocycles. The summed E-state index contributed by atoms with van der Waals surface area (Å²) < 4.78 is 7.58. The highest BCUT2D eigenvalue weighted by atomic mass is 32.2. The van der Waals surface area contributed by atoms with Gasteiger partial charge < -0.3 is 14.5 Å². The molecule has 6 heteroatoms. The Morgan fingerprint density at radius 1 is 1.07 bits per heavy atom. The Morgan fingerprint density at radius 3 is 2.66 bits per heavy atom. The molecule has 0 aliphatic heterocycles. The van der Waals surface area contributed by atoms with E-state index in [0.717, 1.165) is 22.0 Å². The molecule has 1 N–H and O–H groups in total. The van der Waals surface area contributed by atoms with Crippen molar-refractivity contribution >= 4 is 29.0 Å². The first-order valence-corrected chi connectivity index (χ1v) is 10.4. The smallest absolute Gasteiger partial charge is 0.255 e. The minimum absolute atomic E-state index is 0.158. The highest BCUT2D eigenvalue weighted by Crippen LogP contribution is 2.26. The molecule has 0 aliphatic carbocycles. The number of thioether (sulfide) groups is 1. The van der Waals surface area contributed by atoms with Gasteiger partial charge in [0.05, 0.1) is 18.0 Å². The molecule has 4 rings (SSSR count). The number of aromatic nitrogens is 2. The van der Waals surface area contributed by atoms with E-state index in [1.54, 1.807) is 11.8 Å². The highest BCUT2D eigenvalue weighted by molar-refractivity contribution is 7.98. The first-order chi connectivity index (χ1) is 14.2. The van der Waals surface area contributed by atoms with E-state index in [2.05, 4.69) is 10.3 Å². The molecule has 0 radical (unpaired) electrons. The number of fused-ring (bicyclic) bond motifs is 1. The average molecular weight is 404 g/mol. The molecule has 0 fully saturated rings. The van der Waals surface area contributed by atoms with E-state index >= 15 is 0 Å². The highest BCUT2D eigenvalue weighted by Gasteiger charge is 2.10. The predicted molar refractivity (Wildman–Crippen MR) is 117 cm³/mol. The van der Waals surface area contributed by atoms with Gasteiger partial charge in [-0.3, -0.25) is 4.79 Å². The number of rotatable bonds is 7. The maximum absolute atomic E-state index is 12.6. The Labute approximate surface area is 173 Å². The van der Waals surface area contributed by atoms with Gasteiger partial charge in [0.25, 0.3) is 5.91 Å². The maximum Gasteiger partial charge on any atom is 0.255 e. The molecule has 29 heavy (non-hydrogen) atoms. The summed E-state index contributed by atoms with van der Waals surface area (Å²) in [4.78, 5) is 18.3. The van der Waals surface area contributed by atoms with Crippen LogP contribution in [0, 0.1) is 0 Å². The summed E-state index contributed by atoms with van der Waals surface area (Å²) in [7, 11) is 0. The third kappa shape index (κ3) is 4.60. The maximum atomic E-state index is 12.6. The van der Waals surface area contributed by atoms with Crippen LogP contribution in [0.5, 0.6) is 5.75 Å². The lowest BCUT2D eigenvalue weighted by atomic mass is 10.2. The van der Waals surface area contributed by atoms with Gasteiger partial charge in [0.1, 0.15) is 11.4 Å². The molecule has 0 aliphatic rings. The van der Waals surface area contributed by atoms with Crippen molar-refractivity contribution < 1.29 is 9.53 Å². The minimum Gasteiger partial charge on any atom is -0.492 e. The monoisotopic (exact) mass is 403 g/mol. The molecule has 5 nitrogen and oxygen atoms in total. The average Bonchev–Trinajstić information content (AvgIpc) is 3.17. The van der Waals surface area contributed by atoms with Crippen LogP contribution in [0.25, 0.3) is 5.65 Å². The van der Waals surface area contributed by atoms with Crippen LogP contribution in [0.1, 0.15) is 23.0 Å². The van der Waals surface area contributed by atoms with Gasteiger partial charge in [0.2, 0.25) is 0 Å². The van der Waals surface area contributed by atoms with Gasteiger partial charge in [-0.15, -0.1) is 11.8 Å². The van der Waals surface area contributed by atoms with Crippen LogP contribution in [0.3, 0.4) is 0 Å². The lowest BCUT2D eigenvalue weighted by molar-refractivity contribution is 0.102. The quantitative estimate of drug-likeness (QED) is 0.427. The van der Waals surface area contributed by atoms with Gasteiger partial charge in [-0.05, 0) is 55.5 Å². The van der Waals surface area contributed by atoms with Crippen molar-refractivity contribution in [3.05, 3.63) is 90.4 Å². The second-order valence-corrected chi connectivity index (χ2v) is 7.44. The topological polar surface area (TPSA) is 55.6 Å². The SMILES string of the molecule is CCOc1ccccc1NC(=O)c1ccc(SCc2cn3ccccc3n2)cc1. The van der Waals surface area contributed by atoms with Gasteiger partial charge in [-0.2, -0.15) is 0 Å². The first-order valence-electron chi connectivity index (χ1n) is 9.41. The molecule has 0 saturated carbocycles. The van der Waals surface area contributed by atoms with Crippen molar-refractivity contribution in [2.24, 2.45) is 0 Å². The number of imidazole rings is 1. The van der Waals surface area contributed by atoms with Crippen molar-refractivity contribution in [1.82, 2.24) is 9.38 Å². The third-order valence-electron chi connectivity index (χ3n) is 4.35. The van der Waals surface area contributed by atoms with E-state index in [0.29, 0.717) is 23.6 Å². The fraction of sp³-hybridized carbons (Fsp3) is 0.130. The summed E-state index contributed by atoms with van der Waals surface area (Å²) in [5.41, 5.74) is 3.25. The summed E-state index contributed by atoms with van der Waals surface area (Å²) in [6, 6.07) is 21.0. The number of hydrogen-bond acceptors (Lipinski definition) is 4. The number of hydrogen-bond donors (Lipinski definition) is 1. The predicted octanol–water partition coefficient (Wildman–Crippen LogP) is 5.28. The molecule has 0 bridgehead atoms. The lowest BCUT2D eigenvalue weighted by Crippen LogP contribution is -2.12. The summed E-state index contributed by atoms with van der Waals surface area (Å²) in [6.07, 6.45) is 4.04. The number of carbonyl (C=O) groups excluding carboxylic acids is 1. The van der Waals surface area contributed by atoms with Crippen molar-refractivity contribution in [3.63, 3.8) is 0 Å². The summed E-state index contributed by atoms with van der Waals surface area (Å²) in [6.45, 7) is 2.46. The summed E-state index contributed by atoms with van der Waals surface area (Å²) >= 11 is 1.69. The van der Waals surface area contributed by atoms with Crippen molar-refractivity contribution in [2.75, 3.05) is 11.9 Å². The van der Waals surface area contributed by atoms with Crippen LogP contribution in [0.2, 0.25) is 0 Å². The van der Waals surface area contributed by atoms with Crippen LogP contribution in [0.15, 0.2) is 84.0 Å². The molecule has 1 amide bonds. The van der Waals surface area contributed by atoms with E-state index < -0.39 is 0 Å². The van der Waals surface area contributed by atoms with Crippen LogP contribution in [0.4, 0.5) is 5.69 Å². The first kappa shape index (κ1) is 19.1. The van der Waals surface area contributed by atoms with Gasteiger partial charge in [0.15, 0.2) is 0 Å². The lowest BCUT2D eigenvalue weighted by Gasteiger charge is -2.11. The van der Waals surface area contributed by atoms with E-state index in [9.17, 15) is 4.79 Å². The van der Waals surface area contributed by atoms with E-state index in [4.69, 9.17) is 4.74 Å². The Morgan fingerprint density at radius 2 is 1.86 bits per heavy atom. The number of nitrogens with one attached hydrogen (secondary N) is 1. The van der Waals surface area contributed by atoms with Crippen molar-refractivity contribution in [3.8, 4) is 5.75 Å². The Bertz CT molecular complexity index is 1090. The Balaban J connectivity index is 1.39. The molecule has 2 heterocycles. The van der Waals surface area contributed by atoms with E-state index in [1.807, 2.05) is 90.4 Å². The molecular formula is C23H21N3O2S. The molecule has 0 unspecified atom stereocenters. The van der Waals surface area contributed by atoms with Gasteiger partial charge in [-0.25, -0.2) is 4.98 Å². The number of pyridine rings is 1. The molecule has 2 aromatic carbocycles. The van der Waals surface area contributed by atoms with Crippen LogP contribution in [-0.2, 0) is 5.75 Å². The van der Waals surface area contributed by atoms with Gasteiger partial charge >= 0.3 is 0 Å². The molecule has 2 aromatic heterocycles. The van der Waals surface area contributed by atoms with Gasteiger partial charge in [0, 0.05) is 28.6 Å². The molecule has 146 valence electrons. The number of ether oxygens (including phenoxy) is 1. The van der Waals surface area contributed by atoms with Crippen LogP contribution in [-0.4, -0.2) is 21.9 Å². The van der Waals surface area contributed by atoms with Crippen molar-refractivity contribution in [2.45, 2.75) is 17.6 Å². The zero-order valence-electron chi connectivity index (χ0n) is 16.0. The Kier molecular flexibility index (Phi) is 5.81. The second-order valence-electron chi connectivity index (χ2n) is 6.39. The molecule has 0 spiro atoms. The molecule has 4 aromatic rings. The Hall–Kier alpha value is -3.25. The van der Waals surface area contributed by atoms with Crippen LogP contribution >= 0.6 is 11.8 Å². The van der Waals surface area contributed by atoms with E-state index in [1.165, 1.54) is 0 Å². The van der Waals surface area contributed by atoms with Gasteiger partial charge in [-0.1, -0.05) is 18.2 Å². The fourth-order valence-electron chi connectivity index (χ4n) is 2.96. The fourth-order valence-corrected chi connectivity index (χ4v) is 3.74. The number of amides is 1. The number of benzene rings is 2. The number of nitrogens with zero attached hydrogens (tertiary/aromatic N) is 2. The van der Waals surface area contributed by atoms with Crippen LogP contribution < -0.4 is 10.1 Å².